The maximum Gasteiger partial charge on any atom is 0.291 e. The maximum absolute atomic E-state index is 12.7. The van der Waals surface area contributed by atoms with E-state index in [9.17, 15) is 10.1 Å². The number of hydrogen-bond acceptors (Lipinski definition) is 3. The molecule has 4 aromatic rings. The lowest BCUT2D eigenvalue weighted by atomic mass is 10.1. The first kappa shape index (κ1) is 16.6. The van der Waals surface area contributed by atoms with Gasteiger partial charge in [0, 0.05) is 16.6 Å². The lowest BCUT2D eigenvalue weighted by Crippen LogP contribution is -2.12. The molecule has 1 N–H and O–H groups in total. The van der Waals surface area contributed by atoms with Crippen molar-refractivity contribution in [2.75, 3.05) is 5.32 Å². The van der Waals surface area contributed by atoms with Crippen molar-refractivity contribution in [3.63, 3.8) is 0 Å². The Bertz CT molecular complexity index is 1170. The monoisotopic (exact) mass is 352 g/mol. The minimum atomic E-state index is -0.333. The number of anilines is 1. The molecule has 0 atom stereocenters. The summed E-state index contributed by atoms with van der Waals surface area (Å²) in [6.45, 7) is 1.79. The molecule has 0 aliphatic heterocycles. The fraction of sp³-hybridized carbons (Fsp3) is 0.0435. The summed E-state index contributed by atoms with van der Waals surface area (Å²) in [4.78, 5) is 12.7. The van der Waals surface area contributed by atoms with Crippen LogP contribution in [-0.2, 0) is 0 Å². The second kappa shape index (κ2) is 6.81. The Morgan fingerprint density at radius 3 is 2.33 bits per heavy atom. The first-order valence-electron chi connectivity index (χ1n) is 8.56. The topological polar surface area (TPSA) is 66.0 Å². The predicted molar refractivity (Wildman–Crippen MR) is 105 cm³/mol. The number of nitrogens with zero attached hydrogens (tertiary/aromatic N) is 1. The molecule has 130 valence electrons. The largest absolute Gasteiger partial charge is 0.451 e. The Balaban J connectivity index is 1.60. The molecule has 4 rings (SSSR count). The number of benzene rings is 3. The zero-order chi connectivity index (χ0) is 18.8. The first-order chi connectivity index (χ1) is 13.2. The fourth-order valence-corrected chi connectivity index (χ4v) is 3.18. The Morgan fingerprint density at radius 2 is 1.63 bits per heavy atom. The van der Waals surface area contributed by atoms with Gasteiger partial charge in [-0.15, -0.1) is 0 Å². The van der Waals surface area contributed by atoms with Gasteiger partial charge in [0.15, 0.2) is 5.76 Å². The SMILES string of the molecule is Cc1c(C(=O)Nc2ccc(-c3ccccc3)cc2)oc2cccc(C#N)c12. The summed E-state index contributed by atoms with van der Waals surface area (Å²) in [6, 6.07) is 25.0. The number of fused-ring (bicyclic) bond motifs is 1. The summed E-state index contributed by atoms with van der Waals surface area (Å²) in [5.74, 6) is -0.111. The number of hydrogen-bond donors (Lipinski definition) is 1. The molecular weight excluding hydrogens is 336 g/mol. The van der Waals surface area contributed by atoms with E-state index >= 15 is 0 Å². The van der Waals surface area contributed by atoms with Gasteiger partial charge in [-0.05, 0) is 42.3 Å². The number of rotatable bonds is 3. The van der Waals surface area contributed by atoms with Crippen LogP contribution in [0.3, 0.4) is 0 Å². The molecule has 0 spiro atoms. The molecule has 0 bridgehead atoms. The molecule has 0 radical (unpaired) electrons. The number of amides is 1. The Morgan fingerprint density at radius 1 is 0.926 bits per heavy atom. The van der Waals surface area contributed by atoms with Crippen LogP contribution in [0.5, 0.6) is 0 Å². The van der Waals surface area contributed by atoms with Crippen molar-refractivity contribution < 1.29 is 9.21 Å². The van der Waals surface area contributed by atoms with Crippen LogP contribution in [-0.4, -0.2) is 5.91 Å². The summed E-state index contributed by atoms with van der Waals surface area (Å²) < 4.78 is 5.71. The maximum atomic E-state index is 12.7. The second-order valence-electron chi connectivity index (χ2n) is 6.24. The van der Waals surface area contributed by atoms with E-state index in [0.29, 0.717) is 27.8 Å². The Labute approximate surface area is 156 Å². The molecule has 0 aliphatic carbocycles. The normalized spacial score (nSPS) is 10.5. The molecule has 0 aliphatic rings. The minimum Gasteiger partial charge on any atom is -0.451 e. The third-order valence-electron chi connectivity index (χ3n) is 4.53. The van der Waals surface area contributed by atoms with Crippen LogP contribution in [0.2, 0.25) is 0 Å². The molecule has 0 saturated heterocycles. The molecule has 0 unspecified atom stereocenters. The van der Waals surface area contributed by atoms with Crippen molar-refractivity contribution in [2.45, 2.75) is 6.92 Å². The van der Waals surface area contributed by atoms with E-state index in [4.69, 9.17) is 4.42 Å². The average Bonchev–Trinajstić information content (AvgIpc) is 3.06. The van der Waals surface area contributed by atoms with Gasteiger partial charge in [-0.3, -0.25) is 4.79 Å². The Kier molecular flexibility index (Phi) is 4.19. The number of carbonyl (C=O) groups is 1. The van der Waals surface area contributed by atoms with Crippen molar-refractivity contribution >= 4 is 22.6 Å². The van der Waals surface area contributed by atoms with Crippen LogP contribution in [0.25, 0.3) is 22.1 Å². The molecule has 27 heavy (non-hydrogen) atoms. The van der Waals surface area contributed by atoms with Crippen molar-refractivity contribution in [2.24, 2.45) is 0 Å². The number of nitrogens with one attached hydrogen (secondary N) is 1. The molecule has 1 heterocycles. The van der Waals surface area contributed by atoms with Crippen LogP contribution in [0.15, 0.2) is 77.2 Å². The van der Waals surface area contributed by atoms with Crippen LogP contribution >= 0.6 is 0 Å². The van der Waals surface area contributed by atoms with E-state index in [1.165, 1.54) is 0 Å². The quantitative estimate of drug-likeness (QED) is 0.527. The lowest BCUT2D eigenvalue weighted by Gasteiger charge is -2.06. The summed E-state index contributed by atoms with van der Waals surface area (Å²) in [5, 5.41) is 12.8. The molecular formula is C23H16N2O2. The van der Waals surface area contributed by atoms with Crippen molar-refractivity contribution in [3.8, 4) is 17.2 Å². The van der Waals surface area contributed by atoms with Crippen molar-refractivity contribution in [3.05, 3.63) is 89.7 Å². The highest BCUT2D eigenvalue weighted by Gasteiger charge is 2.19. The van der Waals surface area contributed by atoms with Gasteiger partial charge in [0.05, 0.1) is 11.6 Å². The summed E-state index contributed by atoms with van der Waals surface area (Å²) in [5.41, 5.74) is 4.58. The summed E-state index contributed by atoms with van der Waals surface area (Å²) >= 11 is 0. The van der Waals surface area contributed by atoms with Crippen molar-refractivity contribution in [1.82, 2.24) is 0 Å². The van der Waals surface area contributed by atoms with Gasteiger partial charge in [0.1, 0.15) is 5.58 Å². The summed E-state index contributed by atoms with van der Waals surface area (Å²) in [7, 11) is 0. The average molecular weight is 352 g/mol. The highest BCUT2D eigenvalue weighted by molar-refractivity contribution is 6.07. The van der Waals surface area contributed by atoms with Crippen LogP contribution in [0.1, 0.15) is 21.7 Å². The molecule has 0 fully saturated rings. The smallest absolute Gasteiger partial charge is 0.291 e. The predicted octanol–water partition coefficient (Wildman–Crippen LogP) is 5.53. The number of nitriles is 1. The van der Waals surface area contributed by atoms with Crippen LogP contribution in [0.4, 0.5) is 5.69 Å². The molecule has 1 amide bonds. The standard InChI is InChI=1S/C23H16N2O2/c1-15-21-18(14-24)8-5-9-20(21)27-22(15)23(26)25-19-12-10-17(11-13-19)16-6-3-2-4-7-16/h2-13H,1H3,(H,25,26). The highest BCUT2D eigenvalue weighted by Crippen LogP contribution is 2.29. The van der Waals surface area contributed by atoms with E-state index in [1.54, 1.807) is 25.1 Å². The third-order valence-corrected chi connectivity index (χ3v) is 4.53. The fourth-order valence-electron chi connectivity index (χ4n) is 3.18. The molecule has 4 heteroatoms. The zero-order valence-electron chi connectivity index (χ0n) is 14.7. The molecule has 3 aromatic carbocycles. The second-order valence-corrected chi connectivity index (χ2v) is 6.24. The van der Waals surface area contributed by atoms with E-state index in [-0.39, 0.29) is 11.7 Å². The van der Waals surface area contributed by atoms with Gasteiger partial charge in [-0.1, -0.05) is 48.5 Å². The van der Waals surface area contributed by atoms with E-state index in [2.05, 4.69) is 11.4 Å². The number of carbonyl (C=O) groups excluding carboxylic acids is 1. The van der Waals surface area contributed by atoms with Gasteiger partial charge >= 0.3 is 0 Å². The molecule has 1 aromatic heterocycles. The lowest BCUT2D eigenvalue weighted by molar-refractivity contribution is 0.0998. The number of aryl methyl sites for hydroxylation is 1. The number of furan rings is 1. The van der Waals surface area contributed by atoms with Gasteiger partial charge in [-0.2, -0.15) is 5.26 Å². The van der Waals surface area contributed by atoms with Gasteiger partial charge in [0.2, 0.25) is 0 Å². The zero-order valence-corrected chi connectivity index (χ0v) is 14.7. The van der Waals surface area contributed by atoms with Crippen molar-refractivity contribution in [1.29, 1.82) is 5.26 Å². The summed E-state index contributed by atoms with van der Waals surface area (Å²) in [6.07, 6.45) is 0. The third kappa shape index (κ3) is 3.07. The minimum absolute atomic E-state index is 0.222. The van der Waals surface area contributed by atoms with E-state index in [0.717, 1.165) is 11.1 Å². The van der Waals surface area contributed by atoms with Gasteiger partial charge < -0.3 is 9.73 Å². The Hall–Kier alpha value is -3.84. The van der Waals surface area contributed by atoms with Gasteiger partial charge in [0.25, 0.3) is 5.91 Å². The highest BCUT2D eigenvalue weighted by atomic mass is 16.3. The molecule has 0 saturated carbocycles. The van der Waals surface area contributed by atoms with Crippen LogP contribution in [0, 0.1) is 18.3 Å². The van der Waals surface area contributed by atoms with E-state index < -0.39 is 0 Å². The van der Waals surface area contributed by atoms with Gasteiger partial charge in [-0.25, -0.2) is 0 Å². The first-order valence-corrected chi connectivity index (χ1v) is 8.56. The van der Waals surface area contributed by atoms with Crippen LogP contribution < -0.4 is 5.32 Å². The van der Waals surface area contributed by atoms with E-state index in [1.807, 2.05) is 54.6 Å². The molecule has 4 nitrogen and oxygen atoms in total.